The topological polar surface area (TPSA) is 76.1 Å². The molecular formula is C21H24N6O. The number of ether oxygens (including phenoxy) is 1. The standard InChI is InChI=1S/C21H24N6O/c1-28-18-6-4-16(5-7-18)14-27-12-2-3-17(15-27)19-8-9-24-21(25-19)26-20-13-22-10-11-23-20/h4-11,13,17H,2-3,12,14-15H2,1H3,(H,23,24,25,26). The molecule has 0 radical (unpaired) electrons. The molecule has 1 atom stereocenters. The van der Waals surface area contributed by atoms with Gasteiger partial charge in [-0.25, -0.2) is 15.0 Å². The average Bonchev–Trinajstić information content (AvgIpc) is 2.75. The van der Waals surface area contributed by atoms with Crippen LogP contribution in [-0.4, -0.2) is 45.0 Å². The smallest absolute Gasteiger partial charge is 0.228 e. The van der Waals surface area contributed by atoms with E-state index in [9.17, 15) is 0 Å². The number of rotatable bonds is 6. The predicted molar refractivity (Wildman–Crippen MR) is 108 cm³/mol. The first-order valence-corrected chi connectivity index (χ1v) is 9.51. The number of benzene rings is 1. The highest BCUT2D eigenvalue weighted by Crippen LogP contribution is 2.27. The molecular weight excluding hydrogens is 352 g/mol. The van der Waals surface area contributed by atoms with Crippen LogP contribution in [0.3, 0.4) is 0 Å². The van der Waals surface area contributed by atoms with Crippen LogP contribution in [0.25, 0.3) is 0 Å². The molecule has 4 rings (SSSR count). The summed E-state index contributed by atoms with van der Waals surface area (Å²) in [7, 11) is 1.69. The molecule has 0 aliphatic carbocycles. The summed E-state index contributed by atoms with van der Waals surface area (Å²) in [6.45, 7) is 3.04. The van der Waals surface area contributed by atoms with Gasteiger partial charge in [0.25, 0.3) is 0 Å². The zero-order valence-electron chi connectivity index (χ0n) is 16.0. The monoisotopic (exact) mass is 376 g/mol. The van der Waals surface area contributed by atoms with Crippen LogP contribution in [0.5, 0.6) is 5.75 Å². The summed E-state index contributed by atoms with van der Waals surface area (Å²) in [6, 6.07) is 10.3. The van der Waals surface area contributed by atoms with Crippen molar-refractivity contribution in [2.75, 3.05) is 25.5 Å². The lowest BCUT2D eigenvalue weighted by Crippen LogP contribution is -2.34. The van der Waals surface area contributed by atoms with Crippen molar-refractivity contribution in [2.45, 2.75) is 25.3 Å². The molecule has 7 heteroatoms. The van der Waals surface area contributed by atoms with Crippen LogP contribution in [0.1, 0.15) is 30.0 Å². The van der Waals surface area contributed by atoms with E-state index in [1.54, 1.807) is 25.7 Å². The fourth-order valence-corrected chi connectivity index (χ4v) is 3.57. The maximum Gasteiger partial charge on any atom is 0.228 e. The minimum atomic E-state index is 0.400. The van der Waals surface area contributed by atoms with Crippen molar-refractivity contribution in [3.63, 3.8) is 0 Å². The van der Waals surface area contributed by atoms with E-state index < -0.39 is 0 Å². The van der Waals surface area contributed by atoms with E-state index in [2.05, 4.69) is 37.3 Å². The van der Waals surface area contributed by atoms with Gasteiger partial charge >= 0.3 is 0 Å². The summed E-state index contributed by atoms with van der Waals surface area (Å²) in [5, 5.41) is 3.12. The number of piperidine rings is 1. The number of methoxy groups -OCH3 is 1. The molecule has 1 aliphatic heterocycles. The first kappa shape index (κ1) is 18.3. The maximum atomic E-state index is 5.25. The Kier molecular flexibility index (Phi) is 5.72. The van der Waals surface area contributed by atoms with Crippen molar-refractivity contribution >= 4 is 11.8 Å². The zero-order valence-corrected chi connectivity index (χ0v) is 16.0. The van der Waals surface area contributed by atoms with Gasteiger partial charge in [-0.15, -0.1) is 0 Å². The van der Waals surface area contributed by atoms with Gasteiger partial charge in [0.2, 0.25) is 5.95 Å². The highest BCUT2D eigenvalue weighted by Gasteiger charge is 2.23. The van der Waals surface area contributed by atoms with Gasteiger partial charge in [-0.3, -0.25) is 9.88 Å². The quantitative estimate of drug-likeness (QED) is 0.706. The molecule has 0 saturated carbocycles. The van der Waals surface area contributed by atoms with Crippen LogP contribution in [0.15, 0.2) is 55.1 Å². The van der Waals surface area contributed by atoms with Crippen molar-refractivity contribution in [2.24, 2.45) is 0 Å². The van der Waals surface area contributed by atoms with Gasteiger partial charge < -0.3 is 10.1 Å². The van der Waals surface area contributed by atoms with Crippen molar-refractivity contribution < 1.29 is 4.74 Å². The summed E-state index contributed by atoms with van der Waals surface area (Å²) in [5.74, 6) is 2.50. The molecule has 0 amide bonds. The molecule has 0 spiro atoms. The van der Waals surface area contributed by atoms with Gasteiger partial charge in [0, 0.05) is 37.6 Å². The summed E-state index contributed by atoms with van der Waals surface area (Å²) in [4.78, 5) is 19.8. The lowest BCUT2D eigenvalue weighted by Gasteiger charge is -2.32. The summed E-state index contributed by atoms with van der Waals surface area (Å²) >= 11 is 0. The Labute approximate surface area is 164 Å². The molecule has 1 fully saturated rings. The normalized spacial score (nSPS) is 17.2. The van der Waals surface area contributed by atoms with E-state index in [1.165, 1.54) is 5.56 Å². The molecule has 1 N–H and O–H groups in total. The fraction of sp³-hybridized carbons (Fsp3) is 0.333. The summed E-state index contributed by atoms with van der Waals surface area (Å²) in [6.07, 6.45) is 9.06. The van der Waals surface area contributed by atoms with Crippen LogP contribution in [0, 0.1) is 0 Å². The third-order valence-electron chi connectivity index (χ3n) is 4.97. The minimum absolute atomic E-state index is 0.400. The second-order valence-corrected chi connectivity index (χ2v) is 6.94. The first-order chi connectivity index (χ1) is 13.8. The molecule has 1 unspecified atom stereocenters. The molecule has 28 heavy (non-hydrogen) atoms. The minimum Gasteiger partial charge on any atom is -0.497 e. The predicted octanol–water partition coefficient (Wildman–Crippen LogP) is 3.40. The number of anilines is 2. The highest BCUT2D eigenvalue weighted by molar-refractivity contribution is 5.45. The Hall–Kier alpha value is -3.06. The second-order valence-electron chi connectivity index (χ2n) is 6.94. The molecule has 7 nitrogen and oxygen atoms in total. The Morgan fingerprint density at radius 2 is 2.00 bits per heavy atom. The number of hydrogen-bond donors (Lipinski definition) is 1. The van der Waals surface area contributed by atoms with Gasteiger partial charge in [-0.1, -0.05) is 12.1 Å². The van der Waals surface area contributed by atoms with Gasteiger partial charge in [-0.2, -0.15) is 0 Å². The Morgan fingerprint density at radius 3 is 2.79 bits per heavy atom. The highest BCUT2D eigenvalue weighted by atomic mass is 16.5. The Balaban J connectivity index is 1.41. The Morgan fingerprint density at radius 1 is 1.11 bits per heavy atom. The Bertz CT molecular complexity index is 887. The third-order valence-corrected chi connectivity index (χ3v) is 4.97. The van der Waals surface area contributed by atoms with E-state index in [0.717, 1.165) is 43.9 Å². The zero-order chi connectivity index (χ0) is 19.2. The number of nitrogens with one attached hydrogen (secondary N) is 1. The molecule has 1 aromatic carbocycles. The molecule has 1 aliphatic rings. The van der Waals surface area contributed by atoms with Crippen LogP contribution in [-0.2, 0) is 6.54 Å². The van der Waals surface area contributed by atoms with E-state index in [4.69, 9.17) is 9.72 Å². The maximum absolute atomic E-state index is 5.25. The van der Waals surface area contributed by atoms with Gasteiger partial charge in [-0.05, 0) is 43.1 Å². The number of hydrogen-bond acceptors (Lipinski definition) is 7. The summed E-state index contributed by atoms with van der Waals surface area (Å²) in [5.41, 5.74) is 2.37. The van der Waals surface area contributed by atoms with E-state index in [1.807, 2.05) is 24.4 Å². The second kappa shape index (κ2) is 8.75. The molecule has 3 heterocycles. The molecule has 144 valence electrons. The van der Waals surface area contributed by atoms with Gasteiger partial charge in [0.05, 0.1) is 19.0 Å². The number of likely N-dealkylation sites (tertiary alicyclic amines) is 1. The third kappa shape index (κ3) is 4.61. The lowest BCUT2D eigenvalue weighted by atomic mass is 9.94. The van der Waals surface area contributed by atoms with E-state index in [0.29, 0.717) is 17.7 Å². The van der Waals surface area contributed by atoms with Crippen molar-refractivity contribution in [3.8, 4) is 5.75 Å². The largest absolute Gasteiger partial charge is 0.497 e. The molecule has 2 aromatic heterocycles. The van der Waals surface area contributed by atoms with E-state index in [-0.39, 0.29) is 0 Å². The lowest BCUT2D eigenvalue weighted by molar-refractivity contribution is 0.198. The van der Waals surface area contributed by atoms with Gasteiger partial charge in [0.15, 0.2) is 5.82 Å². The van der Waals surface area contributed by atoms with Crippen molar-refractivity contribution in [1.29, 1.82) is 0 Å². The van der Waals surface area contributed by atoms with Crippen LogP contribution in [0.4, 0.5) is 11.8 Å². The van der Waals surface area contributed by atoms with E-state index >= 15 is 0 Å². The first-order valence-electron chi connectivity index (χ1n) is 9.51. The van der Waals surface area contributed by atoms with Crippen molar-refractivity contribution in [3.05, 3.63) is 66.4 Å². The van der Waals surface area contributed by atoms with Crippen LogP contribution >= 0.6 is 0 Å². The van der Waals surface area contributed by atoms with Gasteiger partial charge in [0.1, 0.15) is 5.75 Å². The van der Waals surface area contributed by atoms with Crippen LogP contribution in [0.2, 0.25) is 0 Å². The summed E-state index contributed by atoms with van der Waals surface area (Å²) < 4.78 is 5.25. The molecule has 1 saturated heterocycles. The van der Waals surface area contributed by atoms with Crippen LogP contribution < -0.4 is 10.1 Å². The molecule has 3 aromatic rings. The number of aromatic nitrogens is 4. The molecule has 0 bridgehead atoms. The SMILES string of the molecule is COc1ccc(CN2CCCC(c3ccnc(Nc4cnccn4)n3)C2)cc1. The number of nitrogens with zero attached hydrogens (tertiary/aromatic N) is 5. The fourth-order valence-electron chi connectivity index (χ4n) is 3.57. The van der Waals surface area contributed by atoms with Crippen molar-refractivity contribution in [1.82, 2.24) is 24.8 Å². The average molecular weight is 376 g/mol.